The Hall–Kier alpha value is -2.18. The van der Waals surface area contributed by atoms with Crippen LogP contribution in [0.25, 0.3) is 0 Å². The Morgan fingerprint density at radius 2 is 1.77 bits per heavy atom. The lowest BCUT2D eigenvalue weighted by atomic mass is 9.75. The molecule has 0 amide bonds. The molecule has 0 unspecified atom stereocenters. The van der Waals surface area contributed by atoms with Gasteiger partial charge in [0.15, 0.2) is 0 Å². The molecule has 0 aliphatic carbocycles. The Kier molecular flexibility index (Phi) is 7.41. The number of hydrogen-bond donors (Lipinski definition) is 1. The van der Waals surface area contributed by atoms with Crippen molar-refractivity contribution in [2.75, 3.05) is 39.5 Å². The van der Waals surface area contributed by atoms with E-state index in [0.29, 0.717) is 6.61 Å². The summed E-state index contributed by atoms with van der Waals surface area (Å²) in [7, 11) is 0. The molecule has 1 aliphatic heterocycles. The summed E-state index contributed by atoms with van der Waals surface area (Å²) in [6.07, 6.45) is 0.830. The average Bonchev–Trinajstić information content (AvgIpc) is 3.37. The Bertz CT molecular complexity index is 908. The molecule has 2 heterocycles. The molecule has 1 saturated heterocycles. The van der Waals surface area contributed by atoms with E-state index in [9.17, 15) is 5.11 Å². The van der Waals surface area contributed by atoms with Crippen molar-refractivity contribution in [3.8, 4) is 5.75 Å². The van der Waals surface area contributed by atoms with Crippen LogP contribution in [0.1, 0.15) is 35.3 Å². The monoisotopic (exact) mass is 437 g/mol. The molecule has 164 valence electrons. The topological polar surface area (TPSA) is 41.9 Å². The number of benzene rings is 2. The molecule has 1 fully saturated rings. The zero-order valence-corrected chi connectivity index (χ0v) is 18.9. The summed E-state index contributed by atoms with van der Waals surface area (Å²) in [5.74, 6) is 0.790. The number of rotatable bonds is 9. The van der Waals surface area contributed by atoms with Crippen molar-refractivity contribution in [2.45, 2.75) is 24.9 Å². The van der Waals surface area contributed by atoms with Crippen molar-refractivity contribution in [2.24, 2.45) is 0 Å². The predicted molar refractivity (Wildman–Crippen MR) is 126 cm³/mol. The van der Waals surface area contributed by atoms with Gasteiger partial charge in [-0.3, -0.25) is 4.90 Å². The molecule has 1 N–H and O–H groups in total. The Labute approximate surface area is 189 Å². The minimum absolute atomic E-state index is 0.0413. The van der Waals surface area contributed by atoms with Gasteiger partial charge in [0.25, 0.3) is 0 Å². The number of aliphatic hydroxyl groups is 1. The summed E-state index contributed by atoms with van der Waals surface area (Å²) in [6.45, 7) is 7.22. The average molecular weight is 438 g/mol. The molecule has 0 radical (unpaired) electrons. The molecule has 0 saturated carbocycles. The highest BCUT2D eigenvalue weighted by molar-refractivity contribution is 7.10. The second-order valence-corrected chi connectivity index (χ2v) is 8.89. The molecule has 0 spiro atoms. The molecule has 2 aromatic carbocycles. The van der Waals surface area contributed by atoms with Gasteiger partial charge in [0.1, 0.15) is 18.0 Å². The van der Waals surface area contributed by atoms with Gasteiger partial charge in [-0.25, -0.2) is 0 Å². The molecular weight excluding hydrogens is 406 g/mol. The third-order valence-corrected chi connectivity index (χ3v) is 7.08. The molecule has 5 heteroatoms. The molecule has 3 aromatic rings. The lowest BCUT2D eigenvalue weighted by Crippen LogP contribution is -2.38. The molecule has 4 rings (SSSR count). The van der Waals surface area contributed by atoms with Crippen LogP contribution in [0, 0.1) is 0 Å². The van der Waals surface area contributed by atoms with Gasteiger partial charge < -0.3 is 14.6 Å². The quantitative estimate of drug-likeness (QED) is 0.518. The summed E-state index contributed by atoms with van der Waals surface area (Å²) >= 11 is 1.60. The highest BCUT2D eigenvalue weighted by Gasteiger charge is 2.41. The van der Waals surface area contributed by atoms with Crippen molar-refractivity contribution < 1.29 is 14.6 Å². The van der Waals surface area contributed by atoms with Crippen molar-refractivity contribution in [3.63, 3.8) is 0 Å². The summed E-state index contributed by atoms with van der Waals surface area (Å²) in [5, 5.41) is 14.2. The maximum absolute atomic E-state index is 12.1. The largest absolute Gasteiger partial charge is 0.492 e. The maximum atomic E-state index is 12.1. The number of hydrogen-bond acceptors (Lipinski definition) is 5. The first kappa shape index (κ1) is 22.0. The number of nitrogens with zero attached hydrogens (tertiary/aromatic N) is 1. The van der Waals surface area contributed by atoms with Crippen LogP contribution in [0.4, 0.5) is 0 Å². The fourth-order valence-corrected chi connectivity index (χ4v) is 5.29. The van der Waals surface area contributed by atoms with Crippen molar-refractivity contribution in [1.82, 2.24) is 4.90 Å². The van der Waals surface area contributed by atoms with Gasteiger partial charge in [0, 0.05) is 30.4 Å². The van der Waals surface area contributed by atoms with E-state index in [-0.39, 0.29) is 5.92 Å². The standard InChI is InChI=1S/C26H31NO3S/c1-2-24(21-7-4-3-5-8-21)26(28,25-9-6-20-31-25)22-10-12-23(13-11-22)30-19-16-27-14-17-29-18-15-27/h3-13,20,24,28H,2,14-19H2,1H3/t24-,26-/m0/s1. The van der Waals surface area contributed by atoms with Crippen LogP contribution in [0.3, 0.4) is 0 Å². The van der Waals surface area contributed by atoms with Crippen LogP contribution in [0.5, 0.6) is 5.75 Å². The van der Waals surface area contributed by atoms with Gasteiger partial charge in [0.05, 0.1) is 13.2 Å². The Morgan fingerprint density at radius 1 is 1.03 bits per heavy atom. The summed E-state index contributed by atoms with van der Waals surface area (Å²) in [5.41, 5.74) is 0.953. The lowest BCUT2D eigenvalue weighted by Gasteiger charge is -2.36. The summed E-state index contributed by atoms with van der Waals surface area (Å²) in [4.78, 5) is 3.32. The minimum atomic E-state index is -1.09. The SMILES string of the molecule is CC[C@@H](c1ccccc1)[C@@](O)(c1ccc(OCCN2CCOCC2)cc1)c1cccs1. The van der Waals surface area contributed by atoms with E-state index in [1.165, 1.54) is 0 Å². The van der Waals surface area contributed by atoms with Crippen LogP contribution < -0.4 is 4.74 Å². The molecule has 31 heavy (non-hydrogen) atoms. The van der Waals surface area contributed by atoms with Gasteiger partial charge in [-0.15, -0.1) is 11.3 Å². The van der Waals surface area contributed by atoms with E-state index < -0.39 is 5.60 Å². The lowest BCUT2D eigenvalue weighted by molar-refractivity contribution is 0.0322. The van der Waals surface area contributed by atoms with Crippen molar-refractivity contribution in [3.05, 3.63) is 88.1 Å². The van der Waals surface area contributed by atoms with E-state index in [0.717, 1.165) is 61.0 Å². The smallest absolute Gasteiger partial charge is 0.130 e. The van der Waals surface area contributed by atoms with Gasteiger partial charge in [0.2, 0.25) is 0 Å². The minimum Gasteiger partial charge on any atom is -0.492 e. The van der Waals surface area contributed by atoms with Gasteiger partial charge in [-0.1, -0.05) is 55.5 Å². The summed E-state index contributed by atoms with van der Waals surface area (Å²) in [6, 6.07) is 22.3. The zero-order valence-electron chi connectivity index (χ0n) is 18.1. The van der Waals surface area contributed by atoms with E-state index in [2.05, 4.69) is 24.0 Å². The molecule has 1 aliphatic rings. The Balaban J connectivity index is 1.53. The third-order valence-electron chi connectivity index (χ3n) is 6.09. The van der Waals surface area contributed by atoms with Crippen LogP contribution in [0.15, 0.2) is 72.1 Å². The molecule has 0 bridgehead atoms. The zero-order chi connectivity index (χ0) is 21.5. The Morgan fingerprint density at radius 3 is 2.42 bits per heavy atom. The van der Waals surface area contributed by atoms with Crippen LogP contribution in [-0.4, -0.2) is 49.5 Å². The second kappa shape index (κ2) is 10.4. The van der Waals surface area contributed by atoms with Crippen LogP contribution in [-0.2, 0) is 10.3 Å². The fourth-order valence-electron chi connectivity index (χ4n) is 4.39. The van der Waals surface area contributed by atoms with E-state index in [4.69, 9.17) is 9.47 Å². The number of thiophene rings is 1. The van der Waals surface area contributed by atoms with Gasteiger partial charge >= 0.3 is 0 Å². The highest BCUT2D eigenvalue weighted by atomic mass is 32.1. The van der Waals surface area contributed by atoms with E-state index >= 15 is 0 Å². The maximum Gasteiger partial charge on any atom is 0.130 e. The first-order valence-corrected chi connectivity index (χ1v) is 11.9. The first-order chi connectivity index (χ1) is 15.2. The van der Waals surface area contributed by atoms with E-state index in [1.807, 2.05) is 60.0 Å². The van der Waals surface area contributed by atoms with Crippen molar-refractivity contribution >= 4 is 11.3 Å². The van der Waals surface area contributed by atoms with Gasteiger partial charge in [-0.05, 0) is 41.1 Å². The number of morpholine rings is 1. The number of ether oxygens (including phenoxy) is 2. The third kappa shape index (κ3) is 5.01. The molecule has 2 atom stereocenters. The molecule has 4 nitrogen and oxygen atoms in total. The normalized spacial score (nSPS) is 17.7. The highest BCUT2D eigenvalue weighted by Crippen LogP contribution is 2.46. The van der Waals surface area contributed by atoms with Gasteiger partial charge in [-0.2, -0.15) is 0 Å². The predicted octanol–water partition coefficient (Wildman–Crippen LogP) is 4.89. The second-order valence-electron chi connectivity index (χ2n) is 7.94. The van der Waals surface area contributed by atoms with Crippen molar-refractivity contribution in [1.29, 1.82) is 0 Å². The van der Waals surface area contributed by atoms with E-state index in [1.54, 1.807) is 11.3 Å². The van der Waals surface area contributed by atoms with Crippen LogP contribution in [0.2, 0.25) is 0 Å². The van der Waals surface area contributed by atoms with Crippen LogP contribution >= 0.6 is 11.3 Å². The fraction of sp³-hybridized carbons (Fsp3) is 0.385. The summed E-state index contributed by atoms with van der Waals surface area (Å²) < 4.78 is 11.4. The first-order valence-electron chi connectivity index (χ1n) is 11.1. The molecular formula is C26H31NO3S. The molecule has 1 aromatic heterocycles.